The zero-order valence-corrected chi connectivity index (χ0v) is 10.8. The van der Waals surface area contributed by atoms with Gasteiger partial charge in [0.15, 0.2) is 0 Å². The standard InChI is InChI=1S/C13H9ClN2O4/c14-9-6-7-10(16(19)20)12(11(9)13(17)18)15-8-4-2-1-3-5-8/h1-7,15H,(H,17,18). The number of anilines is 2. The van der Waals surface area contributed by atoms with Crippen LogP contribution in [-0.2, 0) is 0 Å². The molecule has 0 saturated carbocycles. The lowest BCUT2D eigenvalue weighted by Gasteiger charge is -2.11. The zero-order valence-electron chi connectivity index (χ0n) is 10.0. The van der Waals surface area contributed by atoms with Crippen molar-refractivity contribution in [2.75, 3.05) is 5.32 Å². The fraction of sp³-hybridized carbons (Fsp3) is 0. The molecule has 0 bridgehead atoms. The fourth-order valence-corrected chi connectivity index (χ4v) is 1.96. The second-order valence-corrected chi connectivity index (χ2v) is 4.28. The first-order chi connectivity index (χ1) is 9.50. The number of carbonyl (C=O) groups is 1. The Hall–Kier alpha value is -2.60. The highest BCUT2D eigenvalue weighted by molar-refractivity contribution is 6.34. The number of nitro benzene ring substituents is 1. The van der Waals surface area contributed by atoms with Crippen molar-refractivity contribution < 1.29 is 14.8 Å². The van der Waals surface area contributed by atoms with Crippen molar-refractivity contribution in [1.29, 1.82) is 0 Å². The molecule has 0 atom stereocenters. The van der Waals surface area contributed by atoms with Gasteiger partial charge in [0.2, 0.25) is 0 Å². The number of halogens is 1. The summed E-state index contributed by atoms with van der Waals surface area (Å²) in [6.07, 6.45) is 0. The number of para-hydroxylation sites is 1. The average Bonchev–Trinajstić information content (AvgIpc) is 2.39. The molecule has 102 valence electrons. The maximum absolute atomic E-state index is 11.3. The first kappa shape index (κ1) is 13.8. The van der Waals surface area contributed by atoms with Crippen molar-refractivity contribution in [3.05, 3.63) is 63.2 Å². The third-order valence-electron chi connectivity index (χ3n) is 2.59. The highest BCUT2D eigenvalue weighted by Crippen LogP contribution is 2.35. The first-order valence-corrected chi connectivity index (χ1v) is 5.90. The highest BCUT2D eigenvalue weighted by atomic mass is 35.5. The van der Waals surface area contributed by atoms with Crippen LogP contribution in [0.1, 0.15) is 10.4 Å². The Kier molecular flexibility index (Phi) is 3.86. The van der Waals surface area contributed by atoms with Crippen LogP contribution < -0.4 is 5.32 Å². The number of carboxylic acid groups (broad SMARTS) is 1. The van der Waals surface area contributed by atoms with Crippen molar-refractivity contribution in [1.82, 2.24) is 0 Å². The van der Waals surface area contributed by atoms with Crippen LogP contribution in [-0.4, -0.2) is 16.0 Å². The van der Waals surface area contributed by atoms with Gasteiger partial charge in [0.1, 0.15) is 11.3 Å². The molecule has 20 heavy (non-hydrogen) atoms. The lowest BCUT2D eigenvalue weighted by molar-refractivity contribution is -0.383. The molecule has 0 amide bonds. The van der Waals surface area contributed by atoms with Crippen molar-refractivity contribution in [3.8, 4) is 0 Å². The minimum absolute atomic E-state index is 0.0680. The van der Waals surface area contributed by atoms with Gasteiger partial charge in [-0.2, -0.15) is 0 Å². The van der Waals surface area contributed by atoms with E-state index in [4.69, 9.17) is 11.6 Å². The molecule has 0 saturated heterocycles. The van der Waals surface area contributed by atoms with Crippen LogP contribution in [0.3, 0.4) is 0 Å². The third-order valence-corrected chi connectivity index (χ3v) is 2.90. The molecule has 0 spiro atoms. The van der Waals surface area contributed by atoms with Gasteiger partial charge >= 0.3 is 5.97 Å². The van der Waals surface area contributed by atoms with Gasteiger partial charge in [-0.05, 0) is 18.2 Å². The Morgan fingerprint density at radius 3 is 2.40 bits per heavy atom. The van der Waals surface area contributed by atoms with Crippen LogP contribution in [0, 0.1) is 10.1 Å². The summed E-state index contributed by atoms with van der Waals surface area (Å²) in [5.41, 5.74) is -0.290. The molecule has 0 unspecified atom stereocenters. The van der Waals surface area contributed by atoms with E-state index in [1.807, 2.05) is 0 Å². The van der Waals surface area contributed by atoms with Crippen molar-refractivity contribution in [2.45, 2.75) is 0 Å². The number of hydrogen-bond acceptors (Lipinski definition) is 4. The van der Waals surface area contributed by atoms with E-state index in [9.17, 15) is 20.0 Å². The molecular formula is C13H9ClN2O4. The monoisotopic (exact) mass is 292 g/mol. The summed E-state index contributed by atoms with van der Waals surface area (Å²) in [7, 11) is 0. The zero-order chi connectivity index (χ0) is 14.7. The third kappa shape index (κ3) is 2.70. The van der Waals surface area contributed by atoms with Crippen molar-refractivity contribution in [3.63, 3.8) is 0 Å². The van der Waals surface area contributed by atoms with Crippen LogP contribution in [0.15, 0.2) is 42.5 Å². The van der Waals surface area contributed by atoms with E-state index in [0.29, 0.717) is 5.69 Å². The normalized spacial score (nSPS) is 10.1. The molecule has 2 rings (SSSR count). The summed E-state index contributed by atoms with van der Waals surface area (Å²) >= 11 is 5.82. The number of hydrogen-bond donors (Lipinski definition) is 2. The molecule has 0 heterocycles. The van der Waals surface area contributed by atoms with Gasteiger partial charge in [0.25, 0.3) is 5.69 Å². The van der Waals surface area contributed by atoms with E-state index in [1.54, 1.807) is 30.3 Å². The largest absolute Gasteiger partial charge is 0.478 e. The Morgan fingerprint density at radius 2 is 1.85 bits per heavy atom. The number of rotatable bonds is 4. The van der Waals surface area contributed by atoms with Crippen LogP contribution in [0.5, 0.6) is 0 Å². The molecule has 2 aromatic rings. The molecule has 0 fully saturated rings. The van der Waals surface area contributed by atoms with E-state index < -0.39 is 10.9 Å². The molecule has 7 heteroatoms. The van der Waals surface area contributed by atoms with Gasteiger partial charge in [-0.3, -0.25) is 10.1 Å². The van der Waals surface area contributed by atoms with Crippen molar-refractivity contribution >= 4 is 34.6 Å². The van der Waals surface area contributed by atoms with Gasteiger partial charge in [-0.1, -0.05) is 29.8 Å². The van der Waals surface area contributed by atoms with E-state index in [1.165, 1.54) is 12.1 Å². The highest BCUT2D eigenvalue weighted by Gasteiger charge is 2.24. The van der Waals surface area contributed by atoms with Gasteiger partial charge < -0.3 is 10.4 Å². The van der Waals surface area contributed by atoms with Crippen LogP contribution in [0.25, 0.3) is 0 Å². The average molecular weight is 293 g/mol. The van der Waals surface area contributed by atoms with E-state index in [2.05, 4.69) is 5.32 Å². The SMILES string of the molecule is O=C(O)c1c(Cl)ccc([N+](=O)[O-])c1Nc1ccccc1. The number of nitro groups is 1. The molecule has 6 nitrogen and oxygen atoms in total. The van der Waals surface area contributed by atoms with Gasteiger partial charge in [-0.15, -0.1) is 0 Å². The lowest BCUT2D eigenvalue weighted by atomic mass is 10.1. The summed E-state index contributed by atoms with van der Waals surface area (Å²) < 4.78 is 0. The van der Waals surface area contributed by atoms with E-state index >= 15 is 0 Å². The Balaban J connectivity index is 2.61. The first-order valence-electron chi connectivity index (χ1n) is 5.53. The van der Waals surface area contributed by atoms with Crippen LogP contribution in [0.2, 0.25) is 5.02 Å². The summed E-state index contributed by atoms with van der Waals surface area (Å²) in [5.74, 6) is -1.34. The molecule has 2 aromatic carbocycles. The van der Waals surface area contributed by atoms with Crippen LogP contribution in [0.4, 0.5) is 17.1 Å². The lowest BCUT2D eigenvalue weighted by Crippen LogP contribution is -2.06. The second-order valence-electron chi connectivity index (χ2n) is 3.87. The molecule has 0 aliphatic rings. The van der Waals surface area contributed by atoms with Crippen molar-refractivity contribution in [2.24, 2.45) is 0 Å². The molecule has 0 aromatic heterocycles. The summed E-state index contributed by atoms with van der Waals surface area (Å²) in [6, 6.07) is 10.9. The number of aromatic carboxylic acids is 1. The minimum atomic E-state index is -1.34. The molecule has 2 N–H and O–H groups in total. The molecule has 0 aliphatic heterocycles. The van der Waals surface area contributed by atoms with E-state index in [0.717, 1.165) is 0 Å². The summed E-state index contributed by atoms with van der Waals surface area (Å²) in [6.45, 7) is 0. The number of nitrogens with zero attached hydrogens (tertiary/aromatic N) is 1. The minimum Gasteiger partial charge on any atom is -0.478 e. The number of benzene rings is 2. The molecule has 0 radical (unpaired) electrons. The second kappa shape index (κ2) is 5.58. The van der Waals surface area contributed by atoms with Crippen LogP contribution >= 0.6 is 11.6 Å². The van der Waals surface area contributed by atoms with Gasteiger partial charge in [0.05, 0.1) is 9.95 Å². The molecule has 0 aliphatic carbocycles. The summed E-state index contributed by atoms with van der Waals surface area (Å²) in [5, 5.41) is 22.9. The van der Waals surface area contributed by atoms with E-state index in [-0.39, 0.29) is 22.0 Å². The summed E-state index contributed by atoms with van der Waals surface area (Å²) in [4.78, 5) is 21.6. The van der Waals surface area contributed by atoms with Gasteiger partial charge in [0, 0.05) is 11.8 Å². The topological polar surface area (TPSA) is 92.5 Å². The predicted molar refractivity (Wildman–Crippen MR) is 74.8 cm³/mol. The van der Waals surface area contributed by atoms with Gasteiger partial charge in [-0.25, -0.2) is 4.79 Å². The Morgan fingerprint density at radius 1 is 1.20 bits per heavy atom. The maximum atomic E-state index is 11.3. The Bertz CT molecular complexity index is 674. The maximum Gasteiger partial charge on any atom is 0.339 e. The number of carboxylic acids is 1. The number of nitrogens with one attached hydrogen (secondary N) is 1. The predicted octanol–water partition coefficient (Wildman–Crippen LogP) is 3.69. The smallest absolute Gasteiger partial charge is 0.339 e. The quantitative estimate of drug-likeness (QED) is 0.662. The molecular weight excluding hydrogens is 284 g/mol. The fourth-order valence-electron chi connectivity index (χ4n) is 1.72. The Labute approximate surface area is 118 Å².